The van der Waals surface area contributed by atoms with E-state index in [1.165, 1.54) is 12.3 Å². The highest BCUT2D eigenvalue weighted by atomic mass is 19.1. The van der Waals surface area contributed by atoms with Crippen LogP contribution in [0.4, 0.5) is 4.39 Å². The molecule has 0 aliphatic heterocycles. The van der Waals surface area contributed by atoms with Crippen molar-refractivity contribution >= 4 is 5.52 Å². The van der Waals surface area contributed by atoms with E-state index in [0.29, 0.717) is 5.56 Å². The highest BCUT2D eigenvalue weighted by Crippen LogP contribution is 2.11. The minimum atomic E-state index is -0.303. The summed E-state index contributed by atoms with van der Waals surface area (Å²) in [6, 6.07) is 6.62. The van der Waals surface area contributed by atoms with Gasteiger partial charge in [0, 0.05) is 12.4 Å². The van der Waals surface area contributed by atoms with Crippen LogP contribution in [0.1, 0.15) is 5.56 Å². The highest BCUT2D eigenvalue weighted by molar-refractivity contribution is 5.61. The molecule has 2 aromatic heterocycles. The molecule has 0 fully saturated rings. The predicted molar refractivity (Wildman–Crippen MR) is 42.1 cm³/mol. The quantitative estimate of drug-likeness (QED) is 0.578. The van der Waals surface area contributed by atoms with Crippen LogP contribution in [0, 0.1) is 17.1 Å². The van der Waals surface area contributed by atoms with Crippen LogP contribution in [0.25, 0.3) is 5.52 Å². The van der Waals surface area contributed by atoms with Crippen molar-refractivity contribution in [3.63, 3.8) is 0 Å². The van der Waals surface area contributed by atoms with Gasteiger partial charge < -0.3 is 4.40 Å². The zero-order valence-electron chi connectivity index (χ0n) is 6.16. The maximum Gasteiger partial charge on any atom is 0.139 e. The fourth-order valence-electron chi connectivity index (χ4n) is 1.18. The third kappa shape index (κ3) is 0.857. The van der Waals surface area contributed by atoms with Gasteiger partial charge in [-0.1, -0.05) is 0 Å². The average Bonchev–Trinajstić information content (AvgIpc) is 2.46. The first-order valence-corrected chi connectivity index (χ1v) is 3.47. The minimum Gasteiger partial charge on any atom is -0.320 e. The molecule has 0 radical (unpaired) electrons. The maximum absolute atomic E-state index is 12.6. The van der Waals surface area contributed by atoms with Crippen LogP contribution in [0.3, 0.4) is 0 Å². The topological polar surface area (TPSA) is 28.2 Å². The summed E-state index contributed by atoms with van der Waals surface area (Å²) in [6.07, 6.45) is 3.01. The fourth-order valence-corrected chi connectivity index (χ4v) is 1.18. The van der Waals surface area contributed by atoms with Gasteiger partial charge in [0.1, 0.15) is 11.9 Å². The average molecular weight is 160 g/mol. The van der Waals surface area contributed by atoms with Crippen LogP contribution < -0.4 is 0 Å². The summed E-state index contributed by atoms with van der Waals surface area (Å²) < 4.78 is 14.2. The number of hydrogen-bond acceptors (Lipinski definition) is 1. The van der Waals surface area contributed by atoms with Crippen molar-refractivity contribution in [2.45, 2.75) is 0 Å². The standard InChI is InChI=1S/C9H5FN2/c10-8-1-2-9-7(5-11)3-4-12(9)6-8/h1-4,6H. The molecule has 0 bridgehead atoms. The molecular weight excluding hydrogens is 155 g/mol. The third-order valence-corrected chi connectivity index (χ3v) is 1.74. The molecule has 0 atom stereocenters. The van der Waals surface area contributed by atoms with Crippen LogP contribution in [0.2, 0.25) is 0 Å². The molecule has 0 aliphatic carbocycles. The first-order valence-electron chi connectivity index (χ1n) is 3.47. The van der Waals surface area contributed by atoms with Crippen molar-refractivity contribution < 1.29 is 4.39 Å². The van der Waals surface area contributed by atoms with E-state index < -0.39 is 0 Å². The molecule has 0 saturated heterocycles. The molecule has 0 aromatic carbocycles. The zero-order chi connectivity index (χ0) is 8.55. The number of halogens is 1. The molecule has 0 spiro atoms. The number of hydrogen-bond donors (Lipinski definition) is 0. The second-order valence-electron chi connectivity index (χ2n) is 2.48. The Morgan fingerprint density at radius 2 is 2.17 bits per heavy atom. The van der Waals surface area contributed by atoms with Gasteiger partial charge in [-0.2, -0.15) is 5.26 Å². The number of aromatic nitrogens is 1. The lowest BCUT2D eigenvalue weighted by atomic mass is 10.3. The Morgan fingerprint density at radius 3 is 2.92 bits per heavy atom. The number of fused-ring (bicyclic) bond motifs is 1. The van der Waals surface area contributed by atoms with Gasteiger partial charge in [0.15, 0.2) is 0 Å². The zero-order valence-corrected chi connectivity index (χ0v) is 6.16. The lowest BCUT2D eigenvalue weighted by Crippen LogP contribution is -1.84. The van der Waals surface area contributed by atoms with Crippen molar-refractivity contribution in [2.75, 3.05) is 0 Å². The van der Waals surface area contributed by atoms with Crippen LogP contribution in [0.15, 0.2) is 30.6 Å². The molecule has 2 nitrogen and oxygen atoms in total. The summed E-state index contributed by atoms with van der Waals surface area (Å²) in [7, 11) is 0. The SMILES string of the molecule is N#Cc1ccn2cc(F)ccc12. The van der Waals surface area contributed by atoms with E-state index in [0.717, 1.165) is 5.52 Å². The first kappa shape index (κ1) is 6.86. The molecule has 2 heterocycles. The molecule has 2 aromatic rings. The van der Waals surface area contributed by atoms with E-state index >= 15 is 0 Å². The molecule has 0 aliphatic rings. The van der Waals surface area contributed by atoms with Gasteiger partial charge in [-0.15, -0.1) is 0 Å². The molecule has 2 rings (SSSR count). The molecule has 0 N–H and O–H groups in total. The van der Waals surface area contributed by atoms with Crippen molar-refractivity contribution in [1.82, 2.24) is 4.40 Å². The van der Waals surface area contributed by atoms with Gasteiger partial charge in [0.05, 0.1) is 11.1 Å². The first-order chi connectivity index (χ1) is 5.81. The van der Waals surface area contributed by atoms with Crippen molar-refractivity contribution in [3.8, 4) is 6.07 Å². The number of nitrogens with zero attached hydrogens (tertiary/aromatic N) is 2. The Balaban J connectivity index is 2.84. The Hall–Kier alpha value is -1.82. The predicted octanol–water partition coefficient (Wildman–Crippen LogP) is 1.95. The Kier molecular flexibility index (Phi) is 1.34. The van der Waals surface area contributed by atoms with E-state index in [1.807, 2.05) is 6.07 Å². The van der Waals surface area contributed by atoms with Crippen LogP contribution in [-0.2, 0) is 0 Å². The van der Waals surface area contributed by atoms with E-state index in [2.05, 4.69) is 0 Å². The van der Waals surface area contributed by atoms with Gasteiger partial charge in [-0.05, 0) is 18.2 Å². The summed E-state index contributed by atoms with van der Waals surface area (Å²) in [5, 5.41) is 8.64. The number of pyridine rings is 1. The molecule has 58 valence electrons. The Morgan fingerprint density at radius 1 is 1.33 bits per heavy atom. The molecular formula is C9H5FN2. The highest BCUT2D eigenvalue weighted by Gasteiger charge is 2.00. The Bertz CT molecular complexity index is 465. The summed E-state index contributed by atoms with van der Waals surface area (Å²) in [5.41, 5.74) is 1.30. The van der Waals surface area contributed by atoms with Crippen LogP contribution in [-0.4, -0.2) is 4.40 Å². The van der Waals surface area contributed by atoms with E-state index in [-0.39, 0.29) is 5.82 Å². The summed E-state index contributed by atoms with van der Waals surface area (Å²) in [6.45, 7) is 0. The minimum absolute atomic E-state index is 0.303. The second kappa shape index (κ2) is 2.35. The molecule has 0 saturated carbocycles. The van der Waals surface area contributed by atoms with Gasteiger partial charge >= 0.3 is 0 Å². The summed E-state index contributed by atoms with van der Waals surface area (Å²) >= 11 is 0. The molecule has 0 unspecified atom stereocenters. The van der Waals surface area contributed by atoms with Gasteiger partial charge in [0.2, 0.25) is 0 Å². The number of nitriles is 1. The molecule has 0 amide bonds. The molecule has 3 heteroatoms. The van der Waals surface area contributed by atoms with E-state index in [9.17, 15) is 4.39 Å². The van der Waals surface area contributed by atoms with Crippen molar-refractivity contribution in [3.05, 3.63) is 42.0 Å². The fraction of sp³-hybridized carbons (Fsp3) is 0. The number of rotatable bonds is 0. The Labute approximate surface area is 68.5 Å². The smallest absolute Gasteiger partial charge is 0.139 e. The summed E-state index contributed by atoms with van der Waals surface area (Å²) in [4.78, 5) is 0. The lowest BCUT2D eigenvalue weighted by Gasteiger charge is -1.93. The maximum atomic E-state index is 12.6. The third-order valence-electron chi connectivity index (χ3n) is 1.74. The van der Waals surface area contributed by atoms with Crippen molar-refractivity contribution in [1.29, 1.82) is 5.26 Å². The van der Waals surface area contributed by atoms with Crippen molar-refractivity contribution in [2.24, 2.45) is 0 Å². The largest absolute Gasteiger partial charge is 0.320 e. The second-order valence-corrected chi connectivity index (χ2v) is 2.48. The van der Waals surface area contributed by atoms with Gasteiger partial charge in [0.25, 0.3) is 0 Å². The lowest BCUT2D eigenvalue weighted by molar-refractivity contribution is 0.619. The van der Waals surface area contributed by atoms with Crippen LogP contribution in [0.5, 0.6) is 0 Å². The summed E-state index contributed by atoms with van der Waals surface area (Å²) in [5.74, 6) is -0.303. The van der Waals surface area contributed by atoms with Crippen LogP contribution >= 0.6 is 0 Å². The van der Waals surface area contributed by atoms with Gasteiger partial charge in [-0.3, -0.25) is 0 Å². The van der Waals surface area contributed by atoms with E-state index in [1.54, 1.807) is 22.7 Å². The normalized spacial score (nSPS) is 10.0. The monoisotopic (exact) mass is 160 g/mol. The van der Waals surface area contributed by atoms with Gasteiger partial charge in [-0.25, -0.2) is 4.39 Å². The molecule has 12 heavy (non-hydrogen) atoms. The van der Waals surface area contributed by atoms with E-state index in [4.69, 9.17) is 5.26 Å².